The van der Waals surface area contributed by atoms with E-state index < -0.39 is 149 Å². The van der Waals surface area contributed by atoms with Crippen LogP contribution in [0.4, 0.5) is 14.4 Å². The second-order valence-corrected chi connectivity index (χ2v) is 29.7. The number of urea groups is 1. The summed E-state index contributed by atoms with van der Waals surface area (Å²) in [6.45, 7) is 20.3. The first-order valence-corrected chi connectivity index (χ1v) is 42.2. The average Bonchev–Trinajstić information content (AvgIpc) is 1.30. The molecule has 0 bridgehead atoms. The van der Waals surface area contributed by atoms with Crippen LogP contribution in [-0.4, -0.2) is 279 Å². The van der Waals surface area contributed by atoms with Crippen LogP contribution in [0.2, 0.25) is 0 Å². The van der Waals surface area contributed by atoms with Gasteiger partial charge in [-0.2, -0.15) is 0 Å². The standard InChI is InChI=1S/3C15H17N3O6.C14H14N4O7.2C14H15N3O7/c1-9-16-6-11(15(22)18-9)8-24-14(21)3-2-13(20)23-7-10-4-12(19)17-5-10;1-9-16-6-10(15(22)17-9)7-23-13(20)4-5-14(21)24-8-11-2-3-12(19)18-11;1-9-17-6-11(15(22)18-9)8-24-13(20)3-2-12(19)23-7-10-4-5-16-14(10)21;1-7-15-4-8(12(21)16-7)5-24-10(19)2-3-11(20)25-6-9-13(22)18-14(23)17-9;1-8-15-4-9(13(20)17-8)6-22-11(18)2-3-12(19)23-7-10-5-16-14(21)24-10;1-8-15-4-9(13(20)16-8)5-22-11(18)2-3-12(19)23-6-10-7-24-14(21)17-10/h2-3,6,10,16H,1,4-5,7-8H2,(H,17,19)(H,18,22);4-6,11,16H,1-3,7-8H2,(H,17,22)(H,18,19);2-3,6,10,17H,1,4-5,7-8H2,(H,16,21)(H,18,22);2-4,9,15H,1,5-6H2,(H,16,21)(H2,17,18,22,23);2-4,10,15H,1,5-7H2,(H,16,21)(H,17,20);2-4,10,15H,1,5-7H2,(H,16,20)(H,17,21)/b3-2+;5-4+;4*3-2+. The van der Waals surface area contributed by atoms with Crippen molar-refractivity contribution in [2.75, 3.05) is 106 Å². The Balaban J connectivity index is 0.000000236. The van der Waals surface area contributed by atoms with Crippen LogP contribution in [-0.2, 0) is 172 Å². The summed E-state index contributed by atoms with van der Waals surface area (Å²) in [7, 11) is 0. The minimum absolute atomic E-state index is 0.0351. The van der Waals surface area contributed by atoms with Gasteiger partial charge in [0.1, 0.15) is 126 Å². The van der Waals surface area contributed by atoms with Crippen molar-refractivity contribution < 1.29 is 186 Å². The Labute approximate surface area is 818 Å². The van der Waals surface area contributed by atoms with E-state index in [1.54, 1.807) is 0 Å². The Hall–Kier alpha value is -19.5. The monoisotopic (exact) mass is 2030 g/mol. The number of carbonyl (C=O) groups excluding carboxylic acids is 25. The largest absolute Gasteiger partial charge is 0.462 e. The highest BCUT2D eigenvalue weighted by molar-refractivity contribution is 6.05. The molecule has 19 N–H and O–H groups in total. The Bertz CT molecular complexity index is 5190. The fourth-order valence-electron chi connectivity index (χ4n) is 11.0. The molecule has 0 spiro atoms. The highest BCUT2D eigenvalue weighted by Crippen LogP contribution is 2.15. The number of ether oxygens (including phenoxy) is 14. The molecular weight excluding hydrogens is 1940 g/mol. The summed E-state index contributed by atoms with van der Waals surface area (Å²) in [6, 6.07) is -2.26. The molecule has 12 aliphatic heterocycles. The number of esters is 12. The van der Waals surface area contributed by atoms with Gasteiger partial charge in [0, 0.05) is 142 Å². The topological polar surface area (TPSA) is 785 Å². The first-order valence-electron chi connectivity index (χ1n) is 42.2. The van der Waals surface area contributed by atoms with E-state index in [2.05, 4.69) is 140 Å². The third-order valence-electron chi connectivity index (χ3n) is 18.4. The van der Waals surface area contributed by atoms with Crippen LogP contribution >= 0.6 is 0 Å². The van der Waals surface area contributed by atoms with Crippen LogP contribution in [0.1, 0.15) is 25.7 Å². The molecule has 6 saturated heterocycles. The number of imide groups is 1. The summed E-state index contributed by atoms with van der Waals surface area (Å²) in [6.07, 6.45) is 19.0. The van der Waals surface area contributed by atoms with E-state index in [-0.39, 0.29) is 161 Å². The van der Waals surface area contributed by atoms with Crippen LogP contribution in [0, 0.1) is 11.8 Å². The molecule has 772 valence electrons. The molecule has 6 fully saturated rings. The van der Waals surface area contributed by atoms with Gasteiger partial charge >= 0.3 is 89.8 Å². The predicted molar refractivity (Wildman–Crippen MR) is 478 cm³/mol. The SMILES string of the molecule is C=C1NC=C(COC(=O)/C=C/C(=O)OCC2CCC(=O)N2)C(=O)N1.C=C1NC=C(COC(=O)/C=C/C(=O)OCC2CCNC2=O)C(=O)N1.C=C1NC=C(COC(=O)/C=C/C(=O)OCC2CNC(=O)C2)C(=O)N1.C=C1NC=C(COC(=O)/C=C/C(=O)OCC2CNC(=O)O2)C(=O)N1.C=C1NC=C(COC(=O)/C=C/C(=O)OCC2COC(=O)N2)C(=O)N1.C=C1NC=C(COC(=O)/C=C/C(=O)OCC2NC(=O)NC2=O)C(=O)N1. The van der Waals surface area contributed by atoms with Crippen molar-refractivity contribution in [1.29, 1.82) is 0 Å². The van der Waals surface area contributed by atoms with Crippen LogP contribution < -0.4 is 101 Å². The van der Waals surface area contributed by atoms with Gasteiger partial charge in [0.05, 0.1) is 58.6 Å². The number of rotatable bonds is 36. The number of nitrogens with one attached hydrogen (secondary N) is 19. The van der Waals surface area contributed by atoms with E-state index in [0.717, 1.165) is 72.9 Å². The van der Waals surface area contributed by atoms with Crippen molar-refractivity contribution in [3.05, 3.63) is 218 Å². The molecule has 12 rings (SSSR count). The normalized spacial score (nSPS) is 19.9. The lowest BCUT2D eigenvalue weighted by Gasteiger charge is -2.16. The molecule has 145 heavy (non-hydrogen) atoms. The van der Waals surface area contributed by atoms with Crippen LogP contribution in [0.5, 0.6) is 0 Å². The molecule has 0 aromatic heterocycles. The minimum atomic E-state index is -0.976. The Morgan fingerprint density at radius 1 is 0.310 bits per heavy atom. The molecule has 58 nitrogen and oxygen atoms in total. The van der Waals surface area contributed by atoms with Crippen molar-refractivity contribution in [3.63, 3.8) is 0 Å². The molecule has 0 aliphatic carbocycles. The summed E-state index contributed by atoms with van der Waals surface area (Å²) in [4.78, 5) is 284. The fraction of sp³-hybridized carbons (Fsp3) is 0.299. The molecular formula is C87H95N19O39. The number of hydrogen-bond acceptors (Lipinski definition) is 45. The Morgan fingerprint density at radius 3 is 0.897 bits per heavy atom. The molecule has 6 unspecified atom stereocenters. The summed E-state index contributed by atoms with van der Waals surface area (Å²) in [5.41, 5.74) is 1.19. The fourth-order valence-corrected chi connectivity index (χ4v) is 11.0. The van der Waals surface area contributed by atoms with Gasteiger partial charge in [-0.1, -0.05) is 39.5 Å². The minimum Gasteiger partial charge on any atom is -0.462 e. The van der Waals surface area contributed by atoms with Crippen molar-refractivity contribution in [2.45, 2.75) is 49.9 Å². The predicted octanol–water partition coefficient (Wildman–Crippen LogP) is -7.80. The van der Waals surface area contributed by atoms with E-state index in [9.17, 15) is 120 Å². The Morgan fingerprint density at radius 2 is 0.628 bits per heavy atom. The smallest absolute Gasteiger partial charge is 0.407 e. The maximum absolute atomic E-state index is 11.5. The molecule has 0 aromatic rings. The average molecular weight is 2030 g/mol. The van der Waals surface area contributed by atoms with Gasteiger partial charge in [-0.25, -0.2) is 71.9 Å². The van der Waals surface area contributed by atoms with Gasteiger partial charge in [-0.15, -0.1) is 0 Å². The third kappa shape index (κ3) is 43.8. The van der Waals surface area contributed by atoms with Gasteiger partial charge in [0.2, 0.25) is 17.7 Å². The van der Waals surface area contributed by atoms with Gasteiger partial charge < -0.3 is 162 Å². The second kappa shape index (κ2) is 58.3. The number of carbonyl (C=O) groups is 25. The van der Waals surface area contributed by atoms with Gasteiger partial charge in [-0.3, -0.25) is 53.3 Å². The third-order valence-corrected chi connectivity index (χ3v) is 18.4. The number of cyclic esters (lactones) is 2. The zero-order chi connectivity index (χ0) is 106. The molecule has 6 atom stereocenters. The first-order chi connectivity index (χ1) is 69.0. The summed E-state index contributed by atoms with van der Waals surface area (Å²) < 4.78 is 67.4. The number of amides is 14. The zero-order valence-corrected chi connectivity index (χ0v) is 76.2. The highest BCUT2D eigenvalue weighted by atomic mass is 16.6. The van der Waals surface area contributed by atoms with E-state index in [1.165, 1.54) is 37.2 Å². The molecule has 58 heteroatoms. The zero-order valence-electron chi connectivity index (χ0n) is 76.2. The summed E-state index contributed by atoms with van der Waals surface area (Å²) in [5, 5.41) is 47.5. The van der Waals surface area contributed by atoms with E-state index in [1.807, 2.05) is 5.32 Å². The van der Waals surface area contributed by atoms with E-state index in [0.29, 0.717) is 73.7 Å². The van der Waals surface area contributed by atoms with Gasteiger partial charge in [-0.05, 0) is 12.8 Å². The van der Waals surface area contributed by atoms with E-state index >= 15 is 0 Å². The van der Waals surface area contributed by atoms with Crippen molar-refractivity contribution in [1.82, 2.24) is 101 Å². The highest BCUT2D eigenvalue weighted by Gasteiger charge is 2.33. The maximum atomic E-state index is 11.5. The Kier molecular flexibility index (Phi) is 45.2. The molecule has 0 radical (unpaired) electrons. The lowest BCUT2D eigenvalue weighted by molar-refractivity contribution is -0.142. The van der Waals surface area contributed by atoms with Crippen LogP contribution in [0.3, 0.4) is 0 Å². The molecule has 14 amide bonds. The van der Waals surface area contributed by atoms with Crippen LogP contribution in [0.15, 0.2) is 218 Å². The number of hydrogen-bond donors (Lipinski definition) is 19. The first kappa shape index (κ1) is 112. The van der Waals surface area contributed by atoms with Gasteiger partial charge in [0.15, 0.2) is 6.10 Å². The molecule has 0 saturated carbocycles. The summed E-state index contributed by atoms with van der Waals surface area (Å²) >= 11 is 0. The van der Waals surface area contributed by atoms with Crippen molar-refractivity contribution >= 4 is 149 Å². The number of alkyl carbamates (subject to hydrolysis) is 2. The molecule has 12 aliphatic rings. The quantitative estimate of drug-likeness (QED) is 0.0120. The van der Waals surface area contributed by atoms with Gasteiger partial charge in [0.25, 0.3) is 41.4 Å². The molecule has 0 aromatic carbocycles. The van der Waals surface area contributed by atoms with Crippen molar-refractivity contribution in [2.24, 2.45) is 11.8 Å². The summed E-state index contributed by atoms with van der Waals surface area (Å²) in [5.74, 6) is -11.5. The van der Waals surface area contributed by atoms with Crippen molar-refractivity contribution in [3.8, 4) is 0 Å². The lowest BCUT2D eigenvalue weighted by atomic mass is 10.1. The lowest BCUT2D eigenvalue weighted by Crippen LogP contribution is -2.36. The second-order valence-electron chi connectivity index (χ2n) is 29.7. The van der Waals surface area contributed by atoms with E-state index in [4.69, 9.17) is 61.6 Å². The maximum Gasteiger partial charge on any atom is 0.407 e. The molecule has 12 heterocycles. The van der Waals surface area contributed by atoms with Crippen LogP contribution in [0.25, 0.3) is 0 Å².